The van der Waals surface area contributed by atoms with E-state index in [1.54, 1.807) is 6.20 Å². The highest BCUT2D eigenvalue weighted by molar-refractivity contribution is 5.89. The van der Waals surface area contributed by atoms with Crippen LogP contribution in [0.3, 0.4) is 0 Å². The maximum atomic E-state index is 7.60. The molecule has 0 bridgehead atoms. The van der Waals surface area contributed by atoms with Crippen molar-refractivity contribution in [3.8, 4) is 0 Å². The molecule has 1 aromatic rings. The van der Waals surface area contributed by atoms with E-state index in [-0.39, 0.29) is 5.90 Å². The second kappa shape index (κ2) is 3.78. The van der Waals surface area contributed by atoms with Crippen LogP contribution in [0.15, 0.2) is 18.3 Å². The van der Waals surface area contributed by atoms with Crippen LogP contribution >= 0.6 is 0 Å². The fourth-order valence-corrected chi connectivity index (χ4v) is 1.46. The summed E-state index contributed by atoms with van der Waals surface area (Å²) in [5.41, 5.74) is 1.94. The number of hydrogen-bond donors (Lipinski definition) is 1. The van der Waals surface area contributed by atoms with Gasteiger partial charge < -0.3 is 4.74 Å². The van der Waals surface area contributed by atoms with E-state index in [4.69, 9.17) is 10.1 Å². The zero-order valence-electron chi connectivity index (χ0n) is 8.29. The molecule has 1 N–H and O–H groups in total. The lowest BCUT2D eigenvalue weighted by atomic mass is 10.1. The summed E-state index contributed by atoms with van der Waals surface area (Å²) in [7, 11) is 0. The highest BCUT2D eigenvalue weighted by atomic mass is 16.5. The number of ether oxygens (including phenoxy) is 1. The fraction of sp³-hybridized carbons (Fsp3) is 0.455. The molecule has 0 aromatic carbocycles. The normalized spacial score (nSPS) is 15.2. The molecule has 3 nitrogen and oxygen atoms in total. The van der Waals surface area contributed by atoms with Crippen molar-refractivity contribution in [2.75, 3.05) is 6.61 Å². The summed E-state index contributed by atoms with van der Waals surface area (Å²) in [6.07, 6.45) is 4.30. The SMILES string of the molecule is CCOC(=N)c1cc(C2CC2)ccn1. The van der Waals surface area contributed by atoms with Gasteiger partial charge in [-0.1, -0.05) is 0 Å². The van der Waals surface area contributed by atoms with Crippen molar-refractivity contribution >= 4 is 5.90 Å². The number of nitrogens with zero attached hydrogens (tertiary/aromatic N) is 1. The molecule has 74 valence electrons. The highest BCUT2D eigenvalue weighted by Crippen LogP contribution is 2.39. The van der Waals surface area contributed by atoms with Crippen molar-refractivity contribution in [3.05, 3.63) is 29.6 Å². The molecular formula is C11H14N2O. The second-order valence-corrected chi connectivity index (χ2v) is 3.51. The molecule has 2 rings (SSSR count). The van der Waals surface area contributed by atoms with E-state index in [1.165, 1.54) is 18.4 Å². The molecule has 1 saturated carbocycles. The summed E-state index contributed by atoms with van der Waals surface area (Å²) in [4.78, 5) is 4.12. The van der Waals surface area contributed by atoms with Gasteiger partial charge in [-0.2, -0.15) is 0 Å². The van der Waals surface area contributed by atoms with Gasteiger partial charge >= 0.3 is 0 Å². The average molecular weight is 190 g/mol. The Bertz CT molecular complexity index is 345. The van der Waals surface area contributed by atoms with Crippen LogP contribution in [0.4, 0.5) is 0 Å². The summed E-state index contributed by atoms with van der Waals surface area (Å²) in [5.74, 6) is 0.876. The molecule has 0 amide bonds. The van der Waals surface area contributed by atoms with Crippen molar-refractivity contribution in [2.45, 2.75) is 25.7 Å². The van der Waals surface area contributed by atoms with Crippen LogP contribution < -0.4 is 0 Å². The van der Waals surface area contributed by atoms with Crippen molar-refractivity contribution in [2.24, 2.45) is 0 Å². The van der Waals surface area contributed by atoms with Gasteiger partial charge in [0.15, 0.2) is 0 Å². The molecule has 0 saturated heterocycles. The third-order valence-corrected chi connectivity index (χ3v) is 2.35. The number of aromatic nitrogens is 1. The molecule has 0 radical (unpaired) electrons. The first-order chi connectivity index (χ1) is 6.81. The number of rotatable bonds is 3. The Morgan fingerprint density at radius 1 is 1.64 bits per heavy atom. The summed E-state index contributed by atoms with van der Waals surface area (Å²) in [5, 5.41) is 7.60. The van der Waals surface area contributed by atoms with Crippen LogP contribution in [0.1, 0.15) is 36.9 Å². The highest BCUT2D eigenvalue weighted by Gasteiger charge is 2.24. The molecule has 1 aliphatic carbocycles. The molecule has 14 heavy (non-hydrogen) atoms. The van der Waals surface area contributed by atoms with E-state index >= 15 is 0 Å². The van der Waals surface area contributed by atoms with Crippen molar-refractivity contribution in [1.82, 2.24) is 4.98 Å². The first-order valence-electron chi connectivity index (χ1n) is 4.99. The molecule has 0 aliphatic heterocycles. The Morgan fingerprint density at radius 3 is 3.07 bits per heavy atom. The topological polar surface area (TPSA) is 46.0 Å². The number of nitrogens with one attached hydrogen (secondary N) is 1. The lowest BCUT2D eigenvalue weighted by molar-refractivity contribution is 0.324. The minimum atomic E-state index is 0.176. The van der Waals surface area contributed by atoms with Crippen LogP contribution in [0.2, 0.25) is 0 Å². The standard InChI is InChI=1S/C11H14N2O/c1-2-14-11(12)10-7-9(5-6-13-10)8-3-4-8/h5-8,12H,2-4H2,1H3. The molecule has 1 heterocycles. The quantitative estimate of drug-likeness (QED) is 0.587. The Balaban J connectivity index is 2.16. The summed E-state index contributed by atoms with van der Waals surface area (Å²) < 4.78 is 5.10. The van der Waals surface area contributed by atoms with Gasteiger partial charge in [-0.05, 0) is 43.4 Å². The molecule has 1 aromatic heterocycles. The number of hydrogen-bond acceptors (Lipinski definition) is 3. The van der Waals surface area contributed by atoms with E-state index in [9.17, 15) is 0 Å². The Morgan fingerprint density at radius 2 is 2.43 bits per heavy atom. The number of pyridine rings is 1. The largest absolute Gasteiger partial charge is 0.477 e. The third-order valence-electron chi connectivity index (χ3n) is 2.35. The molecule has 0 unspecified atom stereocenters. The maximum Gasteiger partial charge on any atom is 0.232 e. The van der Waals surface area contributed by atoms with Gasteiger partial charge in [0.25, 0.3) is 0 Å². The first kappa shape index (κ1) is 9.19. The monoisotopic (exact) mass is 190 g/mol. The van der Waals surface area contributed by atoms with Crippen molar-refractivity contribution < 1.29 is 4.74 Å². The van der Waals surface area contributed by atoms with Crippen LogP contribution in [0.5, 0.6) is 0 Å². The Kier molecular flexibility index (Phi) is 2.48. The van der Waals surface area contributed by atoms with Gasteiger partial charge in [0.05, 0.1) is 6.61 Å². The summed E-state index contributed by atoms with van der Waals surface area (Å²) in [6.45, 7) is 2.40. The van der Waals surface area contributed by atoms with Crippen LogP contribution in [0, 0.1) is 5.41 Å². The van der Waals surface area contributed by atoms with Crippen LogP contribution in [-0.4, -0.2) is 17.5 Å². The summed E-state index contributed by atoms with van der Waals surface area (Å²) >= 11 is 0. The van der Waals surface area contributed by atoms with Crippen molar-refractivity contribution in [3.63, 3.8) is 0 Å². The predicted octanol–water partition coefficient (Wildman–Crippen LogP) is 2.32. The van der Waals surface area contributed by atoms with Gasteiger partial charge in [0.1, 0.15) is 5.69 Å². The van der Waals surface area contributed by atoms with E-state index < -0.39 is 0 Å². The second-order valence-electron chi connectivity index (χ2n) is 3.51. The van der Waals surface area contributed by atoms with E-state index in [2.05, 4.69) is 4.98 Å². The van der Waals surface area contributed by atoms with Gasteiger partial charge in [-0.15, -0.1) is 0 Å². The molecule has 1 fully saturated rings. The van der Waals surface area contributed by atoms with Crippen LogP contribution in [0.25, 0.3) is 0 Å². The lowest BCUT2D eigenvalue weighted by Gasteiger charge is -2.05. The van der Waals surface area contributed by atoms with Crippen molar-refractivity contribution in [1.29, 1.82) is 5.41 Å². The van der Waals surface area contributed by atoms with E-state index in [1.807, 2.05) is 19.1 Å². The van der Waals surface area contributed by atoms with E-state index in [0.717, 1.165) is 0 Å². The van der Waals surface area contributed by atoms with Gasteiger partial charge in [0, 0.05) is 6.20 Å². The molecule has 1 aliphatic rings. The summed E-state index contributed by atoms with van der Waals surface area (Å²) in [6, 6.07) is 4.00. The molecule has 0 atom stereocenters. The molecule has 3 heteroatoms. The molecule has 0 spiro atoms. The zero-order valence-corrected chi connectivity index (χ0v) is 8.29. The lowest BCUT2D eigenvalue weighted by Crippen LogP contribution is -2.07. The van der Waals surface area contributed by atoms with Gasteiger partial charge in [-0.25, -0.2) is 0 Å². The first-order valence-corrected chi connectivity index (χ1v) is 4.99. The minimum absolute atomic E-state index is 0.176. The molecular weight excluding hydrogens is 176 g/mol. The van der Waals surface area contributed by atoms with Gasteiger partial charge in [-0.3, -0.25) is 10.4 Å². The smallest absolute Gasteiger partial charge is 0.232 e. The maximum absolute atomic E-state index is 7.60. The zero-order chi connectivity index (χ0) is 9.97. The Labute approximate surface area is 83.6 Å². The van der Waals surface area contributed by atoms with E-state index in [0.29, 0.717) is 18.2 Å². The van der Waals surface area contributed by atoms with Gasteiger partial charge in [0.2, 0.25) is 5.90 Å². The minimum Gasteiger partial charge on any atom is -0.477 e. The predicted molar refractivity (Wildman–Crippen MR) is 54.7 cm³/mol. The average Bonchev–Trinajstić information content (AvgIpc) is 3.02. The fourth-order valence-electron chi connectivity index (χ4n) is 1.46. The third kappa shape index (κ3) is 1.92. The van der Waals surface area contributed by atoms with Crippen LogP contribution in [-0.2, 0) is 4.74 Å². The Hall–Kier alpha value is -1.38.